The molecule has 0 saturated heterocycles. The summed E-state index contributed by atoms with van der Waals surface area (Å²) < 4.78 is 130. The number of benzene rings is 2. The van der Waals surface area contributed by atoms with E-state index in [9.17, 15) is 48.0 Å². The molecule has 2 rings (SSSR count). The molecule has 0 unspecified atom stereocenters. The normalized spacial score (nSPS) is 13.3. The van der Waals surface area contributed by atoms with Crippen LogP contribution in [0, 0.1) is 11.6 Å². The summed E-state index contributed by atoms with van der Waals surface area (Å²) in [7, 11) is -11.3. The van der Waals surface area contributed by atoms with E-state index in [1.165, 1.54) is 0 Å². The van der Waals surface area contributed by atoms with Gasteiger partial charge >= 0.3 is 17.1 Å². The monoisotopic (exact) mass is 462 g/mol. The van der Waals surface area contributed by atoms with Crippen LogP contribution in [0.5, 0.6) is 0 Å². The first-order valence-corrected chi connectivity index (χ1v) is 10.1. The summed E-state index contributed by atoms with van der Waals surface area (Å²) in [5.41, 5.74) is 0. The lowest BCUT2D eigenvalue weighted by Crippen LogP contribution is -2.52. The second-order valence-electron chi connectivity index (χ2n) is 5.45. The zero-order valence-electron chi connectivity index (χ0n) is 13.6. The summed E-state index contributed by atoms with van der Waals surface area (Å²) in [5.74, 6) is -12.2. The van der Waals surface area contributed by atoms with Crippen LogP contribution >= 0.6 is 0 Å². The Kier molecular flexibility index (Phi) is 5.49. The Morgan fingerprint density at radius 3 is 1.93 bits per heavy atom. The molecule has 0 aliphatic heterocycles. The van der Waals surface area contributed by atoms with E-state index in [2.05, 4.69) is 0 Å². The third-order valence-electron chi connectivity index (χ3n) is 3.58. The van der Waals surface area contributed by atoms with Crippen LogP contribution in [0.4, 0.5) is 26.3 Å². The third kappa shape index (κ3) is 3.57. The minimum absolute atomic E-state index is 0.0271. The van der Waals surface area contributed by atoms with Crippen LogP contribution in [-0.4, -0.2) is 39.1 Å². The lowest BCUT2D eigenvalue weighted by molar-refractivity contribution is -0.197. The number of carboxylic acid groups (broad SMARTS) is 1. The molecule has 0 aliphatic carbocycles. The maximum atomic E-state index is 13.8. The van der Waals surface area contributed by atoms with E-state index in [-0.39, 0.29) is 12.1 Å². The van der Waals surface area contributed by atoms with Crippen molar-refractivity contribution in [2.24, 2.45) is 0 Å². The minimum Gasteiger partial charge on any atom is -0.477 e. The summed E-state index contributed by atoms with van der Waals surface area (Å²) in [6.45, 7) is 0. The summed E-state index contributed by atoms with van der Waals surface area (Å²) in [6.07, 6.45) is 0. The Morgan fingerprint density at radius 2 is 1.41 bits per heavy atom. The van der Waals surface area contributed by atoms with Crippen LogP contribution in [0.3, 0.4) is 0 Å². The largest absolute Gasteiger partial charge is 0.477 e. The van der Waals surface area contributed by atoms with Gasteiger partial charge in [0.1, 0.15) is 16.5 Å². The topological polar surface area (TPSA) is 106 Å². The van der Waals surface area contributed by atoms with Crippen LogP contribution in [0.25, 0.3) is 0 Å². The Hall–Kier alpha value is -2.61. The van der Waals surface area contributed by atoms with Crippen molar-refractivity contribution in [1.29, 1.82) is 0 Å². The number of halogens is 6. The molecule has 14 heteroatoms. The van der Waals surface area contributed by atoms with Crippen molar-refractivity contribution < 1.29 is 53.1 Å². The standard InChI is InChI=1S/C15H8F6O6S2/c16-8-4-5-12(11(17)6-8)28(24,25)9-2-1-3-10(7-9)29(26,27)15(20,21)14(18,19)13(22)23/h1-7H,(H,22,23). The van der Waals surface area contributed by atoms with Crippen molar-refractivity contribution >= 4 is 25.6 Å². The van der Waals surface area contributed by atoms with Gasteiger partial charge in [-0.1, -0.05) is 6.07 Å². The van der Waals surface area contributed by atoms with Crippen molar-refractivity contribution in [3.63, 3.8) is 0 Å². The van der Waals surface area contributed by atoms with Crippen LogP contribution in [0.15, 0.2) is 57.2 Å². The number of carboxylic acids is 1. The highest BCUT2D eigenvalue weighted by molar-refractivity contribution is 7.93. The highest BCUT2D eigenvalue weighted by Gasteiger charge is 2.70. The maximum Gasteiger partial charge on any atom is 0.422 e. The molecular weight excluding hydrogens is 454 g/mol. The van der Waals surface area contributed by atoms with Crippen molar-refractivity contribution in [1.82, 2.24) is 0 Å². The first-order valence-electron chi connectivity index (χ1n) is 7.10. The fraction of sp³-hybridized carbons (Fsp3) is 0.133. The van der Waals surface area contributed by atoms with E-state index in [4.69, 9.17) is 5.11 Å². The molecule has 0 radical (unpaired) electrons. The van der Waals surface area contributed by atoms with Crippen molar-refractivity contribution in [3.8, 4) is 0 Å². The number of hydrogen-bond acceptors (Lipinski definition) is 5. The van der Waals surface area contributed by atoms with Gasteiger partial charge in [0.15, 0.2) is 0 Å². The Morgan fingerprint density at radius 1 is 0.862 bits per heavy atom. The Labute approximate surface area is 159 Å². The fourth-order valence-electron chi connectivity index (χ4n) is 2.07. The molecule has 0 heterocycles. The molecule has 0 amide bonds. The van der Waals surface area contributed by atoms with Gasteiger partial charge in [0.25, 0.3) is 9.84 Å². The van der Waals surface area contributed by atoms with E-state index in [0.29, 0.717) is 30.3 Å². The zero-order chi connectivity index (χ0) is 22.4. The van der Waals surface area contributed by atoms with Gasteiger partial charge in [0.2, 0.25) is 9.84 Å². The van der Waals surface area contributed by atoms with E-state index in [0.717, 1.165) is 0 Å². The Bertz CT molecular complexity index is 1190. The van der Waals surface area contributed by atoms with E-state index in [1.54, 1.807) is 0 Å². The SMILES string of the molecule is O=C(O)C(F)(F)C(F)(F)S(=O)(=O)c1cccc(S(=O)(=O)c2ccc(F)cc2F)c1. The molecule has 0 atom stereocenters. The van der Waals surface area contributed by atoms with Crippen LogP contribution in [0.2, 0.25) is 0 Å². The predicted molar refractivity (Wildman–Crippen MR) is 83.0 cm³/mol. The molecule has 2 aromatic rings. The first-order chi connectivity index (χ1) is 13.1. The molecule has 0 saturated carbocycles. The maximum absolute atomic E-state index is 13.8. The van der Waals surface area contributed by atoms with Gasteiger partial charge in [-0.25, -0.2) is 30.4 Å². The van der Waals surface area contributed by atoms with Gasteiger partial charge in [-0.2, -0.15) is 17.6 Å². The minimum atomic E-state index is -6.41. The molecule has 2 aromatic carbocycles. The number of carbonyl (C=O) groups is 1. The molecule has 1 N–H and O–H groups in total. The summed E-state index contributed by atoms with van der Waals surface area (Å²) >= 11 is 0. The number of rotatable bonds is 6. The van der Waals surface area contributed by atoms with Gasteiger partial charge < -0.3 is 5.11 Å². The number of sulfone groups is 2. The van der Waals surface area contributed by atoms with E-state index >= 15 is 0 Å². The molecule has 0 spiro atoms. The zero-order valence-corrected chi connectivity index (χ0v) is 15.2. The van der Waals surface area contributed by atoms with E-state index in [1.807, 2.05) is 0 Å². The molecule has 29 heavy (non-hydrogen) atoms. The van der Waals surface area contributed by atoms with Crippen LogP contribution in [-0.2, 0) is 24.5 Å². The van der Waals surface area contributed by atoms with Crippen molar-refractivity contribution in [2.45, 2.75) is 25.9 Å². The number of hydrogen-bond donors (Lipinski definition) is 1. The molecule has 158 valence electrons. The van der Waals surface area contributed by atoms with Gasteiger partial charge in [0, 0.05) is 6.07 Å². The summed E-state index contributed by atoms with van der Waals surface area (Å²) in [4.78, 5) is 6.46. The number of aliphatic carboxylic acids is 1. The Balaban J connectivity index is 2.66. The molecule has 6 nitrogen and oxygen atoms in total. The van der Waals surface area contributed by atoms with Crippen molar-refractivity contribution in [2.75, 3.05) is 0 Å². The highest BCUT2D eigenvalue weighted by Crippen LogP contribution is 2.42. The smallest absolute Gasteiger partial charge is 0.422 e. The van der Waals surface area contributed by atoms with Gasteiger partial charge in [-0.15, -0.1) is 0 Å². The summed E-state index contributed by atoms with van der Waals surface area (Å²) in [6, 6.07) is 2.79. The van der Waals surface area contributed by atoms with Gasteiger partial charge in [-0.3, -0.25) is 0 Å². The van der Waals surface area contributed by atoms with E-state index < -0.39 is 63.1 Å². The average Bonchev–Trinajstić information content (AvgIpc) is 2.61. The van der Waals surface area contributed by atoms with Gasteiger partial charge in [0.05, 0.1) is 9.79 Å². The average molecular weight is 462 g/mol. The first kappa shape index (κ1) is 22.7. The molecule has 0 aromatic heterocycles. The van der Waals surface area contributed by atoms with Crippen LogP contribution < -0.4 is 0 Å². The van der Waals surface area contributed by atoms with Gasteiger partial charge in [-0.05, 0) is 30.3 Å². The quantitative estimate of drug-likeness (QED) is 0.523. The van der Waals surface area contributed by atoms with Crippen LogP contribution in [0.1, 0.15) is 0 Å². The summed E-state index contributed by atoms with van der Waals surface area (Å²) in [5, 5.41) is 2.07. The number of alkyl halides is 4. The lowest BCUT2D eigenvalue weighted by Gasteiger charge is -2.23. The second kappa shape index (κ2) is 7.02. The predicted octanol–water partition coefficient (Wildman–Crippen LogP) is 2.88. The third-order valence-corrected chi connectivity index (χ3v) is 7.17. The molecular formula is C15H8F6O6S2. The molecule has 0 fully saturated rings. The highest BCUT2D eigenvalue weighted by atomic mass is 32.2. The molecule has 0 bridgehead atoms. The van der Waals surface area contributed by atoms with Crippen molar-refractivity contribution in [3.05, 3.63) is 54.1 Å². The lowest BCUT2D eigenvalue weighted by atomic mass is 10.3. The fourth-order valence-corrected chi connectivity index (χ4v) is 4.76. The second-order valence-corrected chi connectivity index (χ2v) is 9.36. The molecule has 0 aliphatic rings.